The van der Waals surface area contributed by atoms with Gasteiger partial charge in [-0.3, -0.25) is 0 Å². The van der Waals surface area contributed by atoms with Gasteiger partial charge in [0.25, 0.3) is 0 Å². The Labute approximate surface area is 110 Å². The molecule has 2 atom stereocenters. The molecular formula is C17H22O. The van der Waals surface area contributed by atoms with E-state index in [-0.39, 0.29) is 0 Å². The standard InChI is InChI=1S/C17H22O/c1-11-12(2)14(4)16(13(11)3)10-17(18)15-8-6-5-7-9-15/h5-9,13,17-18H,10H2,1-4H3. The predicted molar refractivity (Wildman–Crippen MR) is 76.3 cm³/mol. The van der Waals surface area contributed by atoms with Crippen LogP contribution in [0.15, 0.2) is 52.6 Å². The number of aliphatic hydroxyl groups excluding tert-OH is 1. The van der Waals surface area contributed by atoms with E-state index < -0.39 is 6.10 Å². The molecule has 1 N–H and O–H groups in total. The quantitative estimate of drug-likeness (QED) is 0.832. The molecule has 0 amide bonds. The predicted octanol–water partition coefficient (Wildman–Crippen LogP) is 4.41. The van der Waals surface area contributed by atoms with Crippen LogP contribution in [0.4, 0.5) is 0 Å². The van der Waals surface area contributed by atoms with Crippen LogP contribution in [-0.2, 0) is 0 Å². The Hall–Kier alpha value is -1.34. The van der Waals surface area contributed by atoms with Crippen molar-refractivity contribution in [3.63, 3.8) is 0 Å². The average Bonchev–Trinajstić information content (AvgIpc) is 2.57. The Morgan fingerprint density at radius 1 is 1.06 bits per heavy atom. The molecule has 0 aromatic heterocycles. The van der Waals surface area contributed by atoms with E-state index in [0.29, 0.717) is 5.92 Å². The number of hydrogen-bond acceptors (Lipinski definition) is 1. The first-order valence-electron chi connectivity index (χ1n) is 6.62. The molecule has 2 rings (SSSR count). The van der Waals surface area contributed by atoms with Gasteiger partial charge >= 0.3 is 0 Å². The lowest BCUT2D eigenvalue weighted by molar-refractivity contribution is 0.176. The summed E-state index contributed by atoms with van der Waals surface area (Å²) in [5, 5.41) is 10.3. The second-order valence-corrected chi connectivity index (χ2v) is 5.31. The third kappa shape index (κ3) is 2.28. The fraction of sp³-hybridized carbons (Fsp3) is 0.412. The van der Waals surface area contributed by atoms with Crippen molar-refractivity contribution in [2.75, 3.05) is 0 Å². The zero-order chi connectivity index (χ0) is 13.3. The van der Waals surface area contributed by atoms with Gasteiger partial charge in [-0.25, -0.2) is 0 Å². The maximum Gasteiger partial charge on any atom is 0.0827 e. The van der Waals surface area contributed by atoms with Gasteiger partial charge in [-0.1, -0.05) is 48.4 Å². The zero-order valence-corrected chi connectivity index (χ0v) is 11.7. The van der Waals surface area contributed by atoms with E-state index >= 15 is 0 Å². The van der Waals surface area contributed by atoms with E-state index in [1.54, 1.807) is 0 Å². The fourth-order valence-electron chi connectivity index (χ4n) is 2.78. The number of allylic oxidation sites excluding steroid dienone is 3. The molecule has 1 heteroatoms. The minimum absolute atomic E-state index is 0.391. The van der Waals surface area contributed by atoms with Crippen LogP contribution in [0.3, 0.4) is 0 Å². The number of hydrogen-bond donors (Lipinski definition) is 1. The molecule has 2 unspecified atom stereocenters. The highest BCUT2D eigenvalue weighted by Gasteiger charge is 2.25. The molecule has 0 fully saturated rings. The molecule has 0 radical (unpaired) electrons. The van der Waals surface area contributed by atoms with Crippen LogP contribution in [0.1, 0.15) is 45.8 Å². The molecule has 0 spiro atoms. The third-order valence-electron chi connectivity index (χ3n) is 4.41. The molecule has 1 aliphatic rings. The van der Waals surface area contributed by atoms with Crippen molar-refractivity contribution in [2.24, 2.45) is 5.92 Å². The van der Waals surface area contributed by atoms with Gasteiger partial charge in [0, 0.05) is 0 Å². The van der Waals surface area contributed by atoms with Gasteiger partial charge in [0.1, 0.15) is 0 Å². The van der Waals surface area contributed by atoms with Crippen molar-refractivity contribution in [1.29, 1.82) is 0 Å². The first kappa shape index (κ1) is 13.1. The molecule has 0 aliphatic heterocycles. The number of rotatable bonds is 3. The van der Waals surface area contributed by atoms with Gasteiger partial charge in [-0.2, -0.15) is 0 Å². The van der Waals surface area contributed by atoms with Crippen LogP contribution in [0, 0.1) is 5.92 Å². The Bertz CT molecular complexity index is 494. The van der Waals surface area contributed by atoms with Gasteiger partial charge < -0.3 is 5.11 Å². The Kier molecular flexibility index (Phi) is 3.72. The molecular weight excluding hydrogens is 220 g/mol. The van der Waals surface area contributed by atoms with E-state index in [1.807, 2.05) is 30.3 Å². The maximum atomic E-state index is 10.3. The van der Waals surface area contributed by atoms with Gasteiger partial charge in [-0.05, 0) is 49.8 Å². The largest absolute Gasteiger partial charge is 0.388 e. The monoisotopic (exact) mass is 242 g/mol. The first-order chi connectivity index (χ1) is 8.52. The highest BCUT2D eigenvalue weighted by Crippen LogP contribution is 2.40. The molecule has 1 aromatic carbocycles. The van der Waals surface area contributed by atoms with Gasteiger partial charge in [-0.15, -0.1) is 0 Å². The first-order valence-corrected chi connectivity index (χ1v) is 6.62. The Morgan fingerprint density at radius 2 is 1.67 bits per heavy atom. The summed E-state index contributed by atoms with van der Waals surface area (Å²) < 4.78 is 0. The van der Waals surface area contributed by atoms with E-state index in [4.69, 9.17) is 0 Å². The van der Waals surface area contributed by atoms with Crippen LogP contribution in [-0.4, -0.2) is 5.11 Å². The fourth-order valence-corrected chi connectivity index (χ4v) is 2.78. The lowest BCUT2D eigenvalue weighted by Gasteiger charge is -2.17. The summed E-state index contributed by atoms with van der Waals surface area (Å²) in [6.45, 7) is 8.80. The van der Waals surface area contributed by atoms with Crippen molar-refractivity contribution < 1.29 is 5.11 Å². The molecule has 0 bridgehead atoms. The van der Waals surface area contributed by atoms with Crippen molar-refractivity contribution in [3.05, 3.63) is 58.2 Å². The van der Waals surface area contributed by atoms with Crippen molar-refractivity contribution in [3.8, 4) is 0 Å². The Morgan fingerprint density at radius 3 is 2.17 bits per heavy atom. The van der Waals surface area contributed by atoms with E-state index in [2.05, 4.69) is 27.7 Å². The lowest BCUT2D eigenvalue weighted by atomic mass is 9.91. The van der Waals surface area contributed by atoms with Gasteiger partial charge in [0.15, 0.2) is 0 Å². The zero-order valence-electron chi connectivity index (χ0n) is 11.7. The SMILES string of the molecule is CC1=C(C)C(C)C(CC(O)c2ccccc2)=C1C. The molecule has 1 aromatic rings. The smallest absolute Gasteiger partial charge is 0.0827 e. The van der Waals surface area contributed by atoms with Crippen molar-refractivity contribution in [2.45, 2.75) is 40.2 Å². The van der Waals surface area contributed by atoms with E-state index in [0.717, 1.165) is 12.0 Å². The molecule has 0 saturated carbocycles. The summed E-state index contributed by atoms with van der Waals surface area (Å²) in [7, 11) is 0. The second-order valence-electron chi connectivity index (χ2n) is 5.31. The topological polar surface area (TPSA) is 20.2 Å². The van der Waals surface area contributed by atoms with Gasteiger partial charge in [0.2, 0.25) is 0 Å². The van der Waals surface area contributed by atoms with Crippen LogP contribution >= 0.6 is 0 Å². The van der Waals surface area contributed by atoms with E-state index in [1.165, 1.54) is 22.3 Å². The number of benzene rings is 1. The average molecular weight is 242 g/mol. The van der Waals surface area contributed by atoms with Gasteiger partial charge in [0.05, 0.1) is 6.10 Å². The summed E-state index contributed by atoms with van der Waals surface area (Å²) in [4.78, 5) is 0. The van der Waals surface area contributed by atoms with Crippen LogP contribution < -0.4 is 0 Å². The summed E-state index contributed by atoms with van der Waals surface area (Å²) in [6, 6.07) is 9.93. The molecule has 1 nitrogen and oxygen atoms in total. The molecule has 18 heavy (non-hydrogen) atoms. The van der Waals surface area contributed by atoms with Crippen molar-refractivity contribution >= 4 is 0 Å². The molecule has 0 heterocycles. The lowest BCUT2D eigenvalue weighted by Crippen LogP contribution is -2.04. The maximum absolute atomic E-state index is 10.3. The highest BCUT2D eigenvalue weighted by molar-refractivity contribution is 5.47. The molecule has 0 saturated heterocycles. The van der Waals surface area contributed by atoms with Crippen LogP contribution in [0.2, 0.25) is 0 Å². The second kappa shape index (κ2) is 5.11. The number of aliphatic hydroxyl groups is 1. The normalized spacial score (nSPS) is 21.7. The van der Waals surface area contributed by atoms with Crippen LogP contribution in [0.25, 0.3) is 0 Å². The minimum Gasteiger partial charge on any atom is -0.388 e. The third-order valence-corrected chi connectivity index (χ3v) is 4.41. The molecule has 96 valence electrons. The van der Waals surface area contributed by atoms with Crippen molar-refractivity contribution in [1.82, 2.24) is 0 Å². The summed E-state index contributed by atoms with van der Waals surface area (Å²) in [5.74, 6) is 0.475. The summed E-state index contributed by atoms with van der Waals surface area (Å²) >= 11 is 0. The minimum atomic E-state index is -0.391. The highest BCUT2D eigenvalue weighted by atomic mass is 16.3. The Balaban J connectivity index is 2.17. The van der Waals surface area contributed by atoms with E-state index in [9.17, 15) is 5.11 Å². The molecule has 1 aliphatic carbocycles. The summed E-state index contributed by atoms with van der Waals surface area (Å²) in [6.07, 6.45) is 0.350. The van der Waals surface area contributed by atoms with Crippen LogP contribution in [0.5, 0.6) is 0 Å². The summed E-state index contributed by atoms with van der Waals surface area (Å²) in [5.41, 5.74) is 6.61.